The second-order valence-corrected chi connectivity index (χ2v) is 4.20. The summed E-state index contributed by atoms with van der Waals surface area (Å²) in [6, 6.07) is 1.93. The normalized spacial score (nSPS) is 12.4. The van der Waals surface area contributed by atoms with Gasteiger partial charge < -0.3 is 9.55 Å². The maximum atomic E-state index is 11.9. The van der Waals surface area contributed by atoms with Gasteiger partial charge in [-0.3, -0.25) is 4.79 Å². The minimum absolute atomic E-state index is 0.00631. The molecule has 0 saturated heterocycles. The molecule has 0 saturated carbocycles. The van der Waals surface area contributed by atoms with Crippen molar-refractivity contribution < 1.29 is 0 Å². The van der Waals surface area contributed by atoms with Crippen molar-refractivity contribution in [2.75, 3.05) is 0 Å². The lowest BCUT2D eigenvalue weighted by molar-refractivity contribution is 0.867. The minimum atomic E-state index is -0.00631. The van der Waals surface area contributed by atoms with Crippen LogP contribution in [0.4, 0.5) is 0 Å². The molecule has 2 aromatic heterocycles. The molecule has 0 radical (unpaired) electrons. The molecule has 0 aliphatic carbocycles. The van der Waals surface area contributed by atoms with Gasteiger partial charge in [-0.25, -0.2) is 0 Å². The Balaban J connectivity index is 2.64. The van der Waals surface area contributed by atoms with E-state index in [0.29, 0.717) is 5.52 Å². The van der Waals surface area contributed by atoms with E-state index in [9.17, 15) is 4.79 Å². The first-order chi connectivity index (χ1) is 8.65. The zero-order valence-corrected chi connectivity index (χ0v) is 10.6. The fraction of sp³-hybridized carbons (Fsp3) is 0.133. The van der Waals surface area contributed by atoms with Gasteiger partial charge in [-0.2, -0.15) is 0 Å². The van der Waals surface area contributed by atoms with Crippen LogP contribution in [0, 0.1) is 0 Å². The fourth-order valence-corrected chi connectivity index (χ4v) is 1.95. The second-order valence-electron chi connectivity index (χ2n) is 4.20. The highest BCUT2D eigenvalue weighted by atomic mass is 16.1. The van der Waals surface area contributed by atoms with E-state index in [1.165, 1.54) is 0 Å². The van der Waals surface area contributed by atoms with E-state index in [1.54, 1.807) is 23.9 Å². The zero-order chi connectivity index (χ0) is 13.1. The first-order valence-electron chi connectivity index (χ1n) is 5.78. The number of pyridine rings is 1. The van der Waals surface area contributed by atoms with Crippen molar-refractivity contribution in [2.24, 2.45) is 7.05 Å². The van der Waals surface area contributed by atoms with Gasteiger partial charge in [-0.1, -0.05) is 30.9 Å². The van der Waals surface area contributed by atoms with Gasteiger partial charge in [-0.05, 0) is 18.6 Å². The van der Waals surface area contributed by atoms with E-state index < -0.39 is 0 Å². The Kier molecular flexibility index (Phi) is 3.33. The SMILES string of the molecule is C=C/C=C\C=C(/C)c1cn(C)c(=O)c2[nH]ccc12. The van der Waals surface area contributed by atoms with E-state index in [-0.39, 0.29) is 5.56 Å². The largest absolute Gasteiger partial charge is 0.357 e. The lowest BCUT2D eigenvalue weighted by atomic mass is 10.1. The van der Waals surface area contributed by atoms with E-state index in [0.717, 1.165) is 16.5 Å². The number of nitrogens with one attached hydrogen (secondary N) is 1. The summed E-state index contributed by atoms with van der Waals surface area (Å²) in [6.07, 6.45) is 11.2. The Morgan fingerprint density at radius 1 is 1.44 bits per heavy atom. The highest BCUT2D eigenvalue weighted by Gasteiger charge is 2.08. The van der Waals surface area contributed by atoms with Crippen LogP contribution < -0.4 is 5.56 Å². The van der Waals surface area contributed by atoms with Gasteiger partial charge in [0.1, 0.15) is 5.52 Å². The lowest BCUT2D eigenvalue weighted by Crippen LogP contribution is -2.17. The van der Waals surface area contributed by atoms with Gasteiger partial charge in [0.05, 0.1) is 0 Å². The topological polar surface area (TPSA) is 37.8 Å². The van der Waals surface area contributed by atoms with Gasteiger partial charge >= 0.3 is 0 Å². The molecule has 92 valence electrons. The van der Waals surface area contributed by atoms with Crippen molar-refractivity contribution in [3.63, 3.8) is 0 Å². The summed E-state index contributed by atoms with van der Waals surface area (Å²) in [5, 5.41) is 0.957. The molecule has 2 heterocycles. The Morgan fingerprint density at radius 3 is 2.94 bits per heavy atom. The predicted molar refractivity (Wildman–Crippen MR) is 76.5 cm³/mol. The van der Waals surface area contributed by atoms with Crippen LogP contribution in [0.3, 0.4) is 0 Å². The Morgan fingerprint density at radius 2 is 2.22 bits per heavy atom. The number of aromatic nitrogens is 2. The molecular weight excluding hydrogens is 224 g/mol. The van der Waals surface area contributed by atoms with E-state index in [4.69, 9.17) is 0 Å². The fourth-order valence-electron chi connectivity index (χ4n) is 1.95. The van der Waals surface area contributed by atoms with Gasteiger partial charge in [-0.15, -0.1) is 0 Å². The highest BCUT2D eigenvalue weighted by molar-refractivity contribution is 5.91. The summed E-state index contributed by atoms with van der Waals surface area (Å²) in [5.74, 6) is 0. The molecule has 0 aliphatic heterocycles. The smallest absolute Gasteiger partial charge is 0.274 e. The number of aromatic amines is 1. The van der Waals surface area contributed by atoms with Crippen molar-refractivity contribution in [3.05, 3.63) is 65.3 Å². The van der Waals surface area contributed by atoms with Gasteiger partial charge in [0.15, 0.2) is 0 Å². The summed E-state index contributed by atoms with van der Waals surface area (Å²) < 4.78 is 1.60. The Hall–Kier alpha value is -2.29. The molecule has 0 aliphatic rings. The van der Waals surface area contributed by atoms with E-state index >= 15 is 0 Å². The summed E-state index contributed by atoms with van der Waals surface area (Å²) in [6.45, 7) is 5.66. The summed E-state index contributed by atoms with van der Waals surface area (Å²) in [7, 11) is 1.76. The number of nitrogens with zero attached hydrogens (tertiary/aromatic N) is 1. The third kappa shape index (κ3) is 2.07. The second kappa shape index (κ2) is 4.92. The molecule has 0 fully saturated rings. The third-order valence-corrected chi connectivity index (χ3v) is 2.91. The number of rotatable bonds is 3. The number of hydrogen-bond acceptors (Lipinski definition) is 1. The average Bonchev–Trinajstić information content (AvgIpc) is 2.83. The van der Waals surface area contributed by atoms with Crippen LogP contribution >= 0.6 is 0 Å². The number of fused-ring (bicyclic) bond motifs is 1. The lowest BCUT2D eigenvalue weighted by Gasteiger charge is -2.06. The molecule has 0 amide bonds. The molecule has 3 heteroatoms. The molecule has 0 aromatic carbocycles. The van der Waals surface area contributed by atoms with Gasteiger partial charge in [0.25, 0.3) is 5.56 Å². The Labute approximate surface area is 106 Å². The van der Waals surface area contributed by atoms with Crippen molar-refractivity contribution in [1.29, 1.82) is 0 Å². The van der Waals surface area contributed by atoms with Crippen LogP contribution in [0.1, 0.15) is 12.5 Å². The predicted octanol–water partition coefficient (Wildman–Crippen LogP) is 3.01. The molecule has 0 bridgehead atoms. The van der Waals surface area contributed by atoms with Crippen LogP contribution in [0.2, 0.25) is 0 Å². The van der Waals surface area contributed by atoms with Gasteiger partial charge in [0.2, 0.25) is 0 Å². The molecule has 2 aromatic rings. The van der Waals surface area contributed by atoms with Crippen LogP contribution in [0.15, 0.2) is 54.1 Å². The summed E-state index contributed by atoms with van der Waals surface area (Å²) in [4.78, 5) is 14.9. The van der Waals surface area contributed by atoms with E-state index in [1.807, 2.05) is 37.4 Å². The van der Waals surface area contributed by atoms with Crippen LogP contribution in [-0.4, -0.2) is 9.55 Å². The van der Waals surface area contributed by atoms with Crippen LogP contribution in [0.25, 0.3) is 16.5 Å². The van der Waals surface area contributed by atoms with Crippen molar-refractivity contribution in [2.45, 2.75) is 6.92 Å². The summed E-state index contributed by atoms with van der Waals surface area (Å²) >= 11 is 0. The molecular formula is C15H16N2O. The van der Waals surface area contributed by atoms with Gasteiger partial charge in [0, 0.05) is 30.4 Å². The molecule has 3 nitrogen and oxygen atoms in total. The molecule has 18 heavy (non-hydrogen) atoms. The van der Waals surface area contributed by atoms with Crippen LogP contribution in [0.5, 0.6) is 0 Å². The maximum Gasteiger partial charge on any atom is 0.274 e. The van der Waals surface area contributed by atoms with Crippen molar-refractivity contribution in [3.8, 4) is 0 Å². The van der Waals surface area contributed by atoms with Crippen molar-refractivity contribution in [1.82, 2.24) is 9.55 Å². The molecule has 2 rings (SSSR count). The molecule has 1 N–H and O–H groups in total. The number of hydrogen-bond donors (Lipinski definition) is 1. The number of allylic oxidation sites excluding steroid dienone is 5. The monoisotopic (exact) mass is 240 g/mol. The number of H-pyrrole nitrogens is 1. The molecule has 0 unspecified atom stereocenters. The molecule has 0 atom stereocenters. The Bertz CT molecular complexity index is 699. The summed E-state index contributed by atoms with van der Waals surface area (Å²) in [5.41, 5.74) is 2.80. The standard InChI is InChI=1S/C15H16N2O/c1-4-5-6-7-11(2)13-10-17(3)15(18)14-12(13)8-9-16-14/h4-10,16H,1H2,2-3H3/b6-5-,11-7+. The average molecular weight is 240 g/mol. The number of aryl methyl sites for hydroxylation is 1. The molecule has 0 spiro atoms. The third-order valence-electron chi connectivity index (χ3n) is 2.91. The van der Waals surface area contributed by atoms with E-state index in [2.05, 4.69) is 11.6 Å². The zero-order valence-electron chi connectivity index (χ0n) is 10.6. The highest BCUT2D eigenvalue weighted by Crippen LogP contribution is 2.21. The quantitative estimate of drug-likeness (QED) is 0.823. The first kappa shape index (κ1) is 12.2. The minimum Gasteiger partial charge on any atom is -0.357 e. The maximum absolute atomic E-state index is 11.9. The van der Waals surface area contributed by atoms with Crippen LogP contribution in [-0.2, 0) is 7.05 Å². The first-order valence-corrected chi connectivity index (χ1v) is 5.78. The van der Waals surface area contributed by atoms with Crippen molar-refractivity contribution >= 4 is 16.5 Å².